The fraction of sp³-hybridized carbons (Fsp3) is 0.778. The van der Waals surface area contributed by atoms with Crippen LogP contribution in [0.25, 0.3) is 0 Å². The third-order valence-electron chi connectivity index (χ3n) is 2.91. The minimum atomic E-state index is -3.03. The molecule has 1 aromatic rings. The number of hydrogen-bond acceptors (Lipinski definition) is 5. The molecule has 0 spiro atoms. The van der Waals surface area contributed by atoms with Gasteiger partial charge in [-0.3, -0.25) is 9.58 Å². The van der Waals surface area contributed by atoms with E-state index in [-0.39, 0.29) is 0 Å². The average molecular weight is 259 g/mol. The van der Waals surface area contributed by atoms with E-state index in [0.29, 0.717) is 13.1 Å². The lowest BCUT2D eigenvalue weighted by molar-refractivity contribution is 0.181. The number of rotatable bonds is 4. The van der Waals surface area contributed by atoms with Gasteiger partial charge in [-0.2, -0.15) is 9.40 Å². The first-order valence-corrected chi connectivity index (χ1v) is 7.40. The minimum Gasteiger partial charge on any atom is -0.299 e. The first-order valence-electron chi connectivity index (χ1n) is 5.55. The van der Waals surface area contributed by atoms with E-state index >= 15 is 0 Å². The lowest BCUT2D eigenvalue weighted by Crippen LogP contribution is -2.48. The fourth-order valence-electron chi connectivity index (χ4n) is 1.88. The van der Waals surface area contributed by atoms with Crippen LogP contribution in [0.3, 0.4) is 0 Å². The Morgan fingerprint density at radius 1 is 1.18 bits per heavy atom. The van der Waals surface area contributed by atoms with Crippen LogP contribution < -0.4 is 0 Å². The lowest BCUT2D eigenvalue weighted by Gasteiger charge is -2.33. The average Bonchev–Trinajstić information content (AvgIpc) is 2.78. The zero-order chi connectivity index (χ0) is 12.3. The Balaban J connectivity index is 1.76. The molecule has 2 heterocycles. The van der Waals surface area contributed by atoms with Crippen molar-refractivity contribution >= 4 is 10.0 Å². The SMILES string of the molecule is CS(=O)(=O)N1CCN(CCn2cncn2)CC1. The van der Waals surface area contributed by atoms with Gasteiger partial charge < -0.3 is 0 Å². The number of hydrogen-bond donors (Lipinski definition) is 0. The summed E-state index contributed by atoms with van der Waals surface area (Å²) >= 11 is 0. The molecule has 1 aliphatic rings. The van der Waals surface area contributed by atoms with Crippen molar-refractivity contribution in [2.24, 2.45) is 0 Å². The molecule has 0 atom stereocenters. The van der Waals surface area contributed by atoms with Crippen molar-refractivity contribution in [1.29, 1.82) is 0 Å². The van der Waals surface area contributed by atoms with Gasteiger partial charge in [-0.25, -0.2) is 13.4 Å². The monoisotopic (exact) mass is 259 g/mol. The van der Waals surface area contributed by atoms with Crippen molar-refractivity contribution in [3.05, 3.63) is 12.7 Å². The van der Waals surface area contributed by atoms with Gasteiger partial charge in [-0.05, 0) is 0 Å². The number of piperazine rings is 1. The summed E-state index contributed by atoms with van der Waals surface area (Å²) in [6.07, 6.45) is 4.46. The molecule has 8 heteroatoms. The first-order chi connectivity index (χ1) is 8.05. The van der Waals surface area contributed by atoms with Crippen molar-refractivity contribution in [2.45, 2.75) is 6.54 Å². The first kappa shape index (κ1) is 12.5. The third kappa shape index (κ3) is 3.48. The molecule has 0 aromatic carbocycles. The van der Waals surface area contributed by atoms with Gasteiger partial charge in [0.1, 0.15) is 12.7 Å². The normalized spacial score (nSPS) is 19.6. The van der Waals surface area contributed by atoms with E-state index < -0.39 is 10.0 Å². The molecule has 0 radical (unpaired) electrons. The van der Waals surface area contributed by atoms with Crippen LogP contribution in [0.4, 0.5) is 0 Å². The van der Waals surface area contributed by atoms with Crippen LogP contribution in [0, 0.1) is 0 Å². The fourth-order valence-corrected chi connectivity index (χ4v) is 2.70. The van der Waals surface area contributed by atoms with E-state index in [0.717, 1.165) is 26.2 Å². The molecule has 0 N–H and O–H groups in total. The molecular formula is C9H17N5O2S. The zero-order valence-electron chi connectivity index (χ0n) is 9.86. The summed E-state index contributed by atoms with van der Waals surface area (Å²) in [5.41, 5.74) is 0. The highest BCUT2D eigenvalue weighted by molar-refractivity contribution is 7.88. The molecule has 0 bridgehead atoms. The lowest BCUT2D eigenvalue weighted by atomic mass is 10.3. The predicted octanol–water partition coefficient (Wildman–Crippen LogP) is -1.14. The van der Waals surface area contributed by atoms with Crippen LogP contribution in [-0.2, 0) is 16.6 Å². The summed E-state index contributed by atoms with van der Waals surface area (Å²) in [4.78, 5) is 6.12. The Labute approximate surface area is 101 Å². The second kappa shape index (κ2) is 5.11. The van der Waals surface area contributed by atoms with Crippen molar-refractivity contribution in [3.63, 3.8) is 0 Å². The van der Waals surface area contributed by atoms with Crippen LogP contribution >= 0.6 is 0 Å². The molecule has 1 aromatic heterocycles. The molecule has 0 saturated carbocycles. The molecule has 0 unspecified atom stereocenters. The van der Waals surface area contributed by atoms with Gasteiger partial charge in [0.15, 0.2) is 0 Å². The largest absolute Gasteiger partial charge is 0.299 e. The van der Waals surface area contributed by atoms with Gasteiger partial charge in [0, 0.05) is 32.7 Å². The highest BCUT2D eigenvalue weighted by atomic mass is 32.2. The van der Waals surface area contributed by atoms with Gasteiger partial charge in [0.2, 0.25) is 10.0 Å². The number of sulfonamides is 1. The Morgan fingerprint density at radius 2 is 1.88 bits per heavy atom. The van der Waals surface area contributed by atoms with Crippen molar-refractivity contribution in [1.82, 2.24) is 24.0 Å². The smallest absolute Gasteiger partial charge is 0.211 e. The van der Waals surface area contributed by atoms with Gasteiger partial charge in [-0.15, -0.1) is 0 Å². The number of aromatic nitrogens is 3. The quantitative estimate of drug-likeness (QED) is 0.683. The van der Waals surface area contributed by atoms with E-state index in [2.05, 4.69) is 15.0 Å². The van der Waals surface area contributed by atoms with Crippen LogP contribution in [0.2, 0.25) is 0 Å². The zero-order valence-corrected chi connectivity index (χ0v) is 10.7. The minimum absolute atomic E-state index is 0.580. The molecule has 7 nitrogen and oxygen atoms in total. The van der Waals surface area contributed by atoms with E-state index in [4.69, 9.17) is 0 Å². The highest BCUT2D eigenvalue weighted by Gasteiger charge is 2.22. The molecule has 2 rings (SSSR count). The van der Waals surface area contributed by atoms with Crippen LogP contribution in [0.1, 0.15) is 0 Å². The molecule has 1 fully saturated rings. The highest BCUT2D eigenvalue weighted by Crippen LogP contribution is 2.05. The predicted molar refractivity (Wildman–Crippen MR) is 62.9 cm³/mol. The Bertz CT molecular complexity index is 436. The van der Waals surface area contributed by atoms with Gasteiger partial charge >= 0.3 is 0 Å². The second-order valence-corrected chi connectivity index (χ2v) is 6.14. The summed E-state index contributed by atoms with van der Waals surface area (Å²) in [5, 5.41) is 4.03. The van der Waals surface area contributed by atoms with Crippen LogP contribution in [-0.4, -0.2) is 71.4 Å². The molecule has 1 aliphatic heterocycles. The molecular weight excluding hydrogens is 242 g/mol. The topological polar surface area (TPSA) is 71.3 Å². The van der Waals surface area contributed by atoms with Crippen LogP contribution in [0.15, 0.2) is 12.7 Å². The van der Waals surface area contributed by atoms with Gasteiger partial charge in [0.05, 0.1) is 12.8 Å². The van der Waals surface area contributed by atoms with E-state index in [1.54, 1.807) is 11.0 Å². The second-order valence-electron chi connectivity index (χ2n) is 4.16. The maximum Gasteiger partial charge on any atom is 0.211 e. The number of nitrogens with zero attached hydrogens (tertiary/aromatic N) is 5. The Kier molecular flexibility index (Phi) is 3.75. The van der Waals surface area contributed by atoms with E-state index in [9.17, 15) is 8.42 Å². The van der Waals surface area contributed by atoms with Crippen LogP contribution in [0.5, 0.6) is 0 Å². The van der Waals surface area contributed by atoms with Crippen molar-refractivity contribution in [2.75, 3.05) is 39.0 Å². The summed E-state index contributed by atoms with van der Waals surface area (Å²) in [6.45, 7) is 4.38. The standard InChI is InChI=1S/C9H17N5O2S/c1-17(15,16)14-6-3-12(4-7-14)2-5-13-9-10-8-11-13/h8-9H,2-7H2,1H3. The maximum absolute atomic E-state index is 11.3. The molecule has 17 heavy (non-hydrogen) atoms. The van der Waals surface area contributed by atoms with Crippen molar-refractivity contribution in [3.8, 4) is 0 Å². The summed E-state index contributed by atoms with van der Waals surface area (Å²) < 4.78 is 26.0. The maximum atomic E-state index is 11.3. The van der Waals surface area contributed by atoms with Gasteiger partial charge in [-0.1, -0.05) is 0 Å². The summed E-state index contributed by atoms with van der Waals surface area (Å²) in [7, 11) is -3.03. The molecule has 0 aliphatic carbocycles. The molecule has 0 amide bonds. The van der Waals surface area contributed by atoms with E-state index in [1.165, 1.54) is 16.9 Å². The van der Waals surface area contributed by atoms with Crippen molar-refractivity contribution < 1.29 is 8.42 Å². The summed E-state index contributed by atoms with van der Waals surface area (Å²) in [6, 6.07) is 0. The molecule has 1 saturated heterocycles. The van der Waals surface area contributed by atoms with Gasteiger partial charge in [0.25, 0.3) is 0 Å². The van der Waals surface area contributed by atoms with E-state index in [1.807, 2.05) is 0 Å². The Morgan fingerprint density at radius 3 is 2.41 bits per heavy atom. The summed E-state index contributed by atoms with van der Waals surface area (Å²) in [5.74, 6) is 0. The molecule has 96 valence electrons. The Hall–Kier alpha value is -0.990. The third-order valence-corrected chi connectivity index (χ3v) is 4.22.